The number of carbonyl (C=O) groups excluding carboxylic acids is 1. The molecule has 0 aliphatic carbocycles. The monoisotopic (exact) mass is 332 g/mol. The van der Waals surface area contributed by atoms with Crippen molar-refractivity contribution in [1.82, 2.24) is 10.2 Å². The summed E-state index contributed by atoms with van der Waals surface area (Å²) in [5.41, 5.74) is 2.39. The van der Waals surface area contributed by atoms with Crippen LogP contribution in [-0.4, -0.2) is 37.6 Å². The van der Waals surface area contributed by atoms with Gasteiger partial charge in [0.05, 0.1) is 19.7 Å². The number of benzene rings is 1. The molecule has 1 aromatic heterocycles. The summed E-state index contributed by atoms with van der Waals surface area (Å²) < 4.78 is 4.99. The third-order valence-corrected chi connectivity index (χ3v) is 4.64. The molecule has 0 aliphatic rings. The van der Waals surface area contributed by atoms with Crippen molar-refractivity contribution >= 4 is 17.2 Å². The summed E-state index contributed by atoms with van der Waals surface area (Å²) in [6, 6.07) is 12.2. The Morgan fingerprint density at radius 3 is 2.65 bits per heavy atom. The van der Waals surface area contributed by atoms with E-state index in [2.05, 4.69) is 35.8 Å². The number of nitrogens with one attached hydrogen (secondary N) is 1. The van der Waals surface area contributed by atoms with Crippen LogP contribution in [0.2, 0.25) is 0 Å². The molecular formula is C18H24N2O2S. The second-order valence-corrected chi connectivity index (χ2v) is 6.43. The molecule has 5 heteroatoms. The molecule has 124 valence electrons. The normalized spacial score (nSPS) is 10.7. The van der Waals surface area contributed by atoms with E-state index in [1.165, 1.54) is 10.4 Å². The summed E-state index contributed by atoms with van der Waals surface area (Å²) in [5, 5.41) is 5.21. The highest BCUT2D eigenvalue weighted by Crippen LogP contribution is 2.19. The second kappa shape index (κ2) is 9.45. The number of thiophene rings is 1. The first kappa shape index (κ1) is 17.7. The lowest BCUT2D eigenvalue weighted by Crippen LogP contribution is -2.38. The van der Waals surface area contributed by atoms with Gasteiger partial charge in [-0.15, -0.1) is 11.3 Å². The Bertz CT molecular complexity index is 598. The van der Waals surface area contributed by atoms with E-state index in [4.69, 9.17) is 4.74 Å². The van der Waals surface area contributed by atoms with Crippen LogP contribution in [0.5, 0.6) is 0 Å². The van der Waals surface area contributed by atoms with E-state index in [1.54, 1.807) is 18.4 Å². The maximum absolute atomic E-state index is 12.6. The van der Waals surface area contributed by atoms with Gasteiger partial charge < -0.3 is 15.0 Å². The lowest BCUT2D eigenvalue weighted by Gasteiger charge is -2.23. The first-order valence-electron chi connectivity index (χ1n) is 7.75. The maximum atomic E-state index is 12.6. The number of amides is 1. The molecule has 0 spiro atoms. The van der Waals surface area contributed by atoms with Crippen LogP contribution in [0.15, 0.2) is 41.8 Å². The zero-order valence-electron chi connectivity index (χ0n) is 13.7. The minimum atomic E-state index is 0.109. The Morgan fingerprint density at radius 2 is 2.00 bits per heavy atom. The van der Waals surface area contributed by atoms with Crippen LogP contribution >= 0.6 is 11.3 Å². The molecule has 1 heterocycles. The van der Waals surface area contributed by atoms with E-state index in [0.29, 0.717) is 32.8 Å². The molecule has 0 aliphatic heterocycles. The summed E-state index contributed by atoms with van der Waals surface area (Å²) in [7, 11) is 1.66. The molecule has 0 fully saturated rings. The van der Waals surface area contributed by atoms with Crippen LogP contribution in [0.25, 0.3) is 0 Å². The topological polar surface area (TPSA) is 41.6 Å². The highest BCUT2D eigenvalue weighted by molar-refractivity contribution is 7.10. The van der Waals surface area contributed by atoms with E-state index in [1.807, 2.05) is 23.1 Å². The van der Waals surface area contributed by atoms with Gasteiger partial charge in [0.15, 0.2) is 0 Å². The Morgan fingerprint density at radius 1 is 1.22 bits per heavy atom. The van der Waals surface area contributed by atoms with Crippen molar-refractivity contribution in [2.75, 3.05) is 26.8 Å². The molecule has 2 rings (SSSR count). The Labute approximate surface area is 142 Å². The van der Waals surface area contributed by atoms with Crippen LogP contribution in [0.1, 0.15) is 16.0 Å². The van der Waals surface area contributed by atoms with Gasteiger partial charge in [-0.2, -0.15) is 0 Å². The number of nitrogens with zero attached hydrogens (tertiary/aromatic N) is 1. The lowest BCUT2D eigenvalue weighted by molar-refractivity contribution is -0.131. The fourth-order valence-electron chi connectivity index (χ4n) is 2.26. The van der Waals surface area contributed by atoms with Gasteiger partial charge in [0, 0.05) is 25.1 Å². The minimum absolute atomic E-state index is 0.109. The molecule has 0 atom stereocenters. The SMILES string of the molecule is COCCNCC(=O)N(Cc1ccccc1)Cc1sccc1C. The summed E-state index contributed by atoms with van der Waals surface area (Å²) in [6.45, 7) is 5.00. The van der Waals surface area contributed by atoms with Crippen molar-refractivity contribution in [3.63, 3.8) is 0 Å². The maximum Gasteiger partial charge on any atom is 0.237 e. The molecule has 0 saturated heterocycles. The molecule has 1 aromatic carbocycles. The number of methoxy groups -OCH3 is 1. The van der Waals surface area contributed by atoms with Crippen LogP contribution in [0, 0.1) is 6.92 Å². The third kappa shape index (κ3) is 5.78. The third-order valence-electron chi connectivity index (χ3n) is 3.63. The molecule has 0 bridgehead atoms. The van der Waals surface area contributed by atoms with E-state index in [0.717, 1.165) is 5.56 Å². The van der Waals surface area contributed by atoms with Gasteiger partial charge in [0.2, 0.25) is 5.91 Å². The molecule has 0 unspecified atom stereocenters. The molecular weight excluding hydrogens is 308 g/mol. The van der Waals surface area contributed by atoms with Crippen molar-refractivity contribution < 1.29 is 9.53 Å². The fourth-order valence-corrected chi connectivity index (χ4v) is 3.18. The Balaban J connectivity index is 2.01. The lowest BCUT2D eigenvalue weighted by atomic mass is 10.2. The Kier molecular flexibility index (Phi) is 7.26. The van der Waals surface area contributed by atoms with Crippen molar-refractivity contribution in [1.29, 1.82) is 0 Å². The molecule has 23 heavy (non-hydrogen) atoms. The Hall–Kier alpha value is -1.69. The van der Waals surface area contributed by atoms with Crippen molar-refractivity contribution in [2.24, 2.45) is 0 Å². The zero-order valence-corrected chi connectivity index (χ0v) is 14.6. The minimum Gasteiger partial charge on any atom is -0.383 e. The second-order valence-electron chi connectivity index (χ2n) is 5.43. The van der Waals surface area contributed by atoms with E-state index in [-0.39, 0.29) is 5.91 Å². The van der Waals surface area contributed by atoms with Gasteiger partial charge in [-0.25, -0.2) is 0 Å². The first-order chi connectivity index (χ1) is 11.2. The molecule has 0 saturated carbocycles. The van der Waals surface area contributed by atoms with Crippen molar-refractivity contribution in [3.8, 4) is 0 Å². The number of carbonyl (C=O) groups is 1. The standard InChI is InChI=1S/C18H24N2O2S/c1-15-8-11-23-17(15)14-20(13-16-6-4-3-5-7-16)18(21)12-19-9-10-22-2/h3-8,11,19H,9-10,12-14H2,1-2H3. The quantitative estimate of drug-likeness (QED) is 0.718. The predicted octanol–water partition coefficient (Wildman–Crippen LogP) is 2.82. The van der Waals surface area contributed by atoms with Crippen molar-refractivity contribution in [3.05, 3.63) is 57.8 Å². The van der Waals surface area contributed by atoms with Crippen LogP contribution in [-0.2, 0) is 22.6 Å². The summed E-state index contributed by atoms with van der Waals surface area (Å²) >= 11 is 1.70. The number of hydrogen-bond acceptors (Lipinski definition) is 4. The van der Waals surface area contributed by atoms with Crippen LogP contribution in [0.4, 0.5) is 0 Å². The van der Waals surface area contributed by atoms with Crippen molar-refractivity contribution in [2.45, 2.75) is 20.0 Å². The van der Waals surface area contributed by atoms with E-state index in [9.17, 15) is 4.79 Å². The molecule has 1 N–H and O–H groups in total. The largest absolute Gasteiger partial charge is 0.383 e. The van der Waals surface area contributed by atoms with Gasteiger partial charge in [-0.05, 0) is 29.5 Å². The average molecular weight is 332 g/mol. The summed E-state index contributed by atoms with van der Waals surface area (Å²) in [4.78, 5) is 15.7. The molecule has 1 amide bonds. The summed E-state index contributed by atoms with van der Waals surface area (Å²) in [5.74, 6) is 0.109. The molecule has 2 aromatic rings. The van der Waals surface area contributed by atoms with Gasteiger partial charge in [0.25, 0.3) is 0 Å². The van der Waals surface area contributed by atoms with Gasteiger partial charge in [-0.3, -0.25) is 4.79 Å². The number of hydrogen-bond donors (Lipinski definition) is 1. The number of aryl methyl sites for hydroxylation is 1. The van der Waals surface area contributed by atoms with E-state index < -0.39 is 0 Å². The summed E-state index contributed by atoms with van der Waals surface area (Å²) in [6.07, 6.45) is 0. The molecule has 4 nitrogen and oxygen atoms in total. The fraction of sp³-hybridized carbons (Fsp3) is 0.389. The number of rotatable bonds is 9. The number of ether oxygens (including phenoxy) is 1. The smallest absolute Gasteiger partial charge is 0.237 e. The van der Waals surface area contributed by atoms with Gasteiger partial charge in [0.1, 0.15) is 0 Å². The van der Waals surface area contributed by atoms with Crippen LogP contribution in [0.3, 0.4) is 0 Å². The zero-order chi connectivity index (χ0) is 16.5. The predicted molar refractivity (Wildman–Crippen MR) is 94.5 cm³/mol. The van der Waals surface area contributed by atoms with Gasteiger partial charge >= 0.3 is 0 Å². The average Bonchev–Trinajstić information content (AvgIpc) is 2.97. The highest BCUT2D eigenvalue weighted by atomic mass is 32.1. The first-order valence-corrected chi connectivity index (χ1v) is 8.63. The highest BCUT2D eigenvalue weighted by Gasteiger charge is 2.15. The van der Waals surface area contributed by atoms with Gasteiger partial charge in [-0.1, -0.05) is 30.3 Å². The van der Waals surface area contributed by atoms with E-state index >= 15 is 0 Å². The van der Waals surface area contributed by atoms with Crippen LogP contribution < -0.4 is 5.32 Å². The molecule has 0 radical (unpaired) electrons.